The Morgan fingerprint density at radius 2 is 2.43 bits per heavy atom. The highest BCUT2D eigenvalue weighted by Crippen LogP contribution is 2.14. The molecule has 0 amide bonds. The third-order valence-corrected chi connectivity index (χ3v) is 2.62. The van der Waals surface area contributed by atoms with Gasteiger partial charge in [0.2, 0.25) is 0 Å². The van der Waals surface area contributed by atoms with Crippen molar-refractivity contribution in [2.24, 2.45) is 0 Å². The smallest absolute Gasteiger partial charge is 0.166 e. The molecular weight excluding hydrogens is 204 g/mol. The Kier molecular flexibility index (Phi) is 3.31. The zero-order chi connectivity index (χ0) is 9.80. The van der Waals surface area contributed by atoms with Gasteiger partial charge in [0.05, 0.1) is 18.5 Å². The summed E-state index contributed by atoms with van der Waals surface area (Å²) in [6, 6.07) is 0. The summed E-state index contributed by atoms with van der Waals surface area (Å²) in [6.45, 7) is 1.57. The molecular formula is C8H13ClN4O. The Hall–Kier alpha value is -0.680. The monoisotopic (exact) mass is 216 g/mol. The quantitative estimate of drug-likeness (QED) is 0.707. The van der Waals surface area contributed by atoms with Gasteiger partial charge in [-0.3, -0.25) is 0 Å². The molecule has 0 aliphatic carbocycles. The highest BCUT2D eigenvalue weighted by Gasteiger charge is 2.16. The molecule has 0 aromatic carbocycles. The highest BCUT2D eigenvalue weighted by molar-refractivity contribution is 6.16. The molecule has 1 aromatic rings. The third kappa shape index (κ3) is 2.22. The second-order valence-corrected chi connectivity index (χ2v) is 3.67. The van der Waals surface area contributed by atoms with Crippen molar-refractivity contribution in [1.29, 1.82) is 0 Å². The zero-order valence-electron chi connectivity index (χ0n) is 7.90. The molecule has 6 heteroatoms. The van der Waals surface area contributed by atoms with E-state index in [0.717, 1.165) is 26.0 Å². The lowest BCUT2D eigenvalue weighted by molar-refractivity contribution is 0.00329. The van der Waals surface area contributed by atoms with Crippen LogP contribution in [0.1, 0.15) is 25.1 Å². The molecule has 5 nitrogen and oxygen atoms in total. The second kappa shape index (κ2) is 4.70. The van der Waals surface area contributed by atoms with E-state index in [1.54, 1.807) is 4.68 Å². The van der Waals surface area contributed by atoms with E-state index in [4.69, 9.17) is 16.3 Å². The lowest BCUT2D eigenvalue weighted by Crippen LogP contribution is -2.25. The summed E-state index contributed by atoms with van der Waals surface area (Å²) in [5.41, 5.74) is 0. The lowest BCUT2D eigenvalue weighted by atomic mass is 10.1. The Morgan fingerprint density at radius 1 is 1.50 bits per heavy atom. The fraction of sp³-hybridized carbons (Fsp3) is 0.875. The van der Waals surface area contributed by atoms with Gasteiger partial charge in [-0.2, -0.15) is 0 Å². The molecule has 0 spiro atoms. The van der Waals surface area contributed by atoms with Crippen LogP contribution in [0.25, 0.3) is 0 Å². The van der Waals surface area contributed by atoms with Crippen molar-refractivity contribution in [3.05, 3.63) is 5.82 Å². The van der Waals surface area contributed by atoms with Gasteiger partial charge in [-0.15, -0.1) is 16.7 Å². The molecule has 1 aliphatic rings. The van der Waals surface area contributed by atoms with Gasteiger partial charge < -0.3 is 4.74 Å². The average molecular weight is 217 g/mol. The van der Waals surface area contributed by atoms with Crippen molar-refractivity contribution in [3.63, 3.8) is 0 Å². The van der Waals surface area contributed by atoms with Crippen LogP contribution in [0, 0.1) is 0 Å². The van der Waals surface area contributed by atoms with Crippen molar-refractivity contribution in [3.8, 4) is 0 Å². The summed E-state index contributed by atoms with van der Waals surface area (Å²) in [5, 5.41) is 11.3. The second-order valence-electron chi connectivity index (χ2n) is 3.40. The van der Waals surface area contributed by atoms with E-state index in [9.17, 15) is 0 Å². The molecule has 2 rings (SSSR count). The predicted octanol–water partition coefficient (Wildman–Crippen LogP) is 0.981. The number of halogens is 1. The van der Waals surface area contributed by atoms with Gasteiger partial charge in [0.15, 0.2) is 5.82 Å². The molecule has 1 fully saturated rings. The molecule has 0 radical (unpaired) electrons. The molecule has 1 atom stereocenters. The SMILES string of the molecule is ClCc1nnnn1CC1CCCCO1. The number of hydrogen-bond acceptors (Lipinski definition) is 4. The number of ether oxygens (including phenoxy) is 1. The van der Waals surface area contributed by atoms with Gasteiger partial charge in [0.1, 0.15) is 0 Å². The third-order valence-electron chi connectivity index (χ3n) is 2.38. The molecule has 78 valence electrons. The minimum absolute atomic E-state index is 0.245. The number of nitrogens with zero attached hydrogens (tertiary/aromatic N) is 4. The van der Waals surface area contributed by atoms with E-state index in [1.165, 1.54) is 6.42 Å². The van der Waals surface area contributed by atoms with Gasteiger partial charge >= 0.3 is 0 Å². The first-order valence-electron chi connectivity index (χ1n) is 4.83. The number of tetrazole rings is 1. The molecule has 1 unspecified atom stereocenters. The van der Waals surface area contributed by atoms with E-state index in [0.29, 0.717) is 11.7 Å². The first-order valence-corrected chi connectivity index (χ1v) is 5.36. The lowest BCUT2D eigenvalue weighted by Gasteiger charge is -2.22. The Balaban J connectivity index is 1.95. The minimum Gasteiger partial charge on any atom is -0.376 e. The highest BCUT2D eigenvalue weighted by atomic mass is 35.5. The van der Waals surface area contributed by atoms with Crippen molar-refractivity contribution in [1.82, 2.24) is 20.2 Å². The number of alkyl halides is 1. The summed E-state index contributed by atoms with van der Waals surface area (Å²) in [6.07, 6.45) is 3.72. The maximum absolute atomic E-state index is 5.69. The van der Waals surface area contributed by atoms with Crippen molar-refractivity contribution in [2.75, 3.05) is 6.61 Å². The Bertz CT molecular complexity index is 285. The summed E-state index contributed by atoms with van der Waals surface area (Å²) in [4.78, 5) is 0. The maximum atomic E-state index is 5.69. The van der Waals surface area contributed by atoms with E-state index in [1.807, 2.05) is 0 Å². The van der Waals surface area contributed by atoms with E-state index in [-0.39, 0.29) is 6.10 Å². The fourth-order valence-electron chi connectivity index (χ4n) is 1.61. The fourth-order valence-corrected chi connectivity index (χ4v) is 1.80. The molecule has 1 saturated heterocycles. The predicted molar refractivity (Wildman–Crippen MR) is 51.0 cm³/mol. The van der Waals surface area contributed by atoms with E-state index in [2.05, 4.69) is 15.5 Å². The zero-order valence-corrected chi connectivity index (χ0v) is 8.65. The van der Waals surface area contributed by atoms with Crippen LogP contribution in [0.5, 0.6) is 0 Å². The number of aromatic nitrogens is 4. The first-order chi connectivity index (χ1) is 6.90. The minimum atomic E-state index is 0.245. The number of hydrogen-bond donors (Lipinski definition) is 0. The van der Waals surface area contributed by atoms with E-state index < -0.39 is 0 Å². The average Bonchev–Trinajstić information content (AvgIpc) is 2.67. The van der Waals surface area contributed by atoms with Crippen LogP contribution in [0.3, 0.4) is 0 Å². The summed E-state index contributed by atoms with van der Waals surface area (Å²) in [7, 11) is 0. The van der Waals surface area contributed by atoms with Crippen LogP contribution in [0.15, 0.2) is 0 Å². The van der Waals surface area contributed by atoms with Crippen LogP contribution in [0.4, 0.5) is 0 Å². The maximum Gasteiger partial charge on any atom is 0.166 e. The van der Waals surface area contributed by atoms with Gasteiger partial charge in [0.25, 0.3) is 0 Å². The molecule has 0 N–H and O–H groups in total. The first kappa shape index (κ1) is 9.86. The molecule has 0 saturated carbocycles. The van der Waals surface area contributed by atoms with Crippen molar-refractivity contribution in [2.45, 2.75) is 37.8 Å². The van der Waals surface area contributed by atoms with Gasteiger partial charge in [-0.1, -0.05) is 0 Å². The van der Waals surface area contributed by atoms with Crippen molar-refractivity contribution >= 4 is 11.6 Å². The standard InChI is InChI=1S/C8H13ClN4O/c9-5-8-10-11-12-13(8)6-7-3-1-2-4-14-7/h7H,1-6H2. The Morgan fingerprint density at radius 3 is 3.14 bits per heavy atom. The molecule has 14 heavy (non-hydrogen) atoms. The largest absolute Gasteiger partial charge is 0.376 e. The summed E-state index contributed by atoms with van der Waals surface area (Å²) >= 11 is 5.69. The molecule has 2 heterocycles. The van der Waals surface area contributed by atoms with Gasteiger partial charge in [-0.25, -0.2) is 4.68 Å². The van der Waals surface area contributed by atoms with E-state index >= 15 is 0 Å². The summed E-state index contributed by atoms with van der Waals surface area (Å²) < 4.78 is 7.32. The molecule has 0 bridgehead atoms. The van der Waals surface area contributed by atoms with Gasteiger partial charge in [0, 0.05) is 6.61 Å². The number of rotatable bonds is 3. The van der Waals surface area contributed by atoms with Crippen LogP contribution < -0.4 is 0 Å². The van der Waals surface area contributed by atoms with Crippen LogP contribution in [-0.4, -0.2) is 32.9 Å². The van der Waals surface area contributed by atoms with Crippen LogP contribution in [-0.2, 0) is 17.2 Å². The topological polar surface area (TPSA) is 52.8 Å². The normalized spacial score (nSPS) is 22.5. The Labute approximate surface area is 87.4 Å². The van der Waals surface area contributed by atoms with Crippen molar-refractivity contribution < 1.29 is 4.74 Å². The van der Waals surface area contributed by atoms with Crippen LogP contribution in [0.2, 0.25) is 0 Å². The molecule has 1 aliphatic heterocycles. The van der Waals surface area contributed by atoms with Crippen LogP contribution >= 0.6 is 11.6 Å². The van der Waals surface area contributed by atoms with Gasteiger partial charge in [-0.05, 0) is 29.7 Å². The molecule has 1 aromatic heterocycles. The summed E-state index contributed by atoms with van der Waals surface area (Å²) in [5.74, 6) is 1.06.